The van der Waals surface area contributed by atoms with E-state index in [-0.39, 0.29) is 11.9 Å². The van der Waals surface area contributed by atoms with Gasteiger partial charge in [-0.05, 0) is 31.6 Å². The van der Waals surface area contributed by atoms with Gasteiger partial charge in [0.05, 0.1) is 18.2 Å². The van der Waals surface area contributed by atoms with Crippen LogP contribution in [0, 0.1) is 22.7 Å². The van der Waals surface area contributed by atoms with Gasteiger partial charge < -0.3 is 10.0 Å². The number of aliphatic hydroxyl groups excluding tert-OH is 1. The highest BCUT2D eigenvalue weighted by molar-refractivity contribution is 5.86. The molecular formula is C14H22N2O2. The molecule has 1 amide bonds. The zero-order chi connectivity index (χ0) is 13.3. The van der Waals surface area contributed by atoms with Crippen LogP contribution in [0.1, 0.15) is 45.4 Å². The third-order valence-electron chi connectivity index (χ3n) is 4.53. The lowest BCUT2D eigenvalue weighted by molar-refractivity contribution is -0.149. The Labute approximate surface area is 109 Å². The molecule has 4 nitrogen and oxygen atoms in total. The van der Waals surface area contributed by atoms with Crippen LogP contribution in [-0.4, -0.2) is 35.1 Å². The van der Waals surface area contributed by atoms with Gasteiger partial charge in [0.15, 0.2) is 0 Å². The molecule has 2 fully saturated rings. The zero-order valence-electron chi connectivity index (χ0n) is 11.2. The molecule has 0 saturated heterocycles. The van der Waals surface area contributed by atoms with Crippen molar-refractivity contribution in [1.29, 1.82) is 5.26 Å². The van der Waals surface area contributed by atoms with E-state index in [1.54, 1.807) is 11.9 Å². The molecule has 2 saturated carbocycles. The van der Waals surface area contributed by atoms with Gasteiger partial charge in [-0.15, -0.1) is 0 Å². The minimum absolute atomic E-state index is 0.0888. The number of nitriles is 1. The Balaban J connectivity index is 2.06. The largest absolute Gasteiger partial charge is 0.391 e. The summed E-state index contributed by atoms with van der Waals surface area (Å²) in [5.74, 6) is 0.368. The van der Waals surface area contributed by atoms with Gasteiger partial charge in [-0.3, -0.25) is 4.79 Å². The number of likely N-dealkylation sites (N-methyl/N-ethyl adjacent to an activating group) is 1. The molecule has 0 aromatic carbocycles. The van der Waals surface area contributed by atoms with Crippen LogP contribution in [0.15, 0.2) is 0 Å². The molecular weight excluding hydrogens is 228 g/mol. The number of carbonyl (C=O) groups is 1. The highest BCUT2D eigenvalue weighted by atomic mass is 16.3. The molecule has 0 radical (unpaired) electrons. The fourth-order valence-corrected chi connectivity index (χ4v) is 3.48. The van der Waals surface area contributed by atoms with Gasteiger partial charge in [0.25, 0.3) is 0 Å². The lowest BCUT2D eigenvalue weighted by Crippen LogP contribution is -2.54. The molecule has 2 unspecified atom stereocenters. The lowest BCUT2D eigenvalue weighted by atomic mass is 9.62. The predicted octanol–water partition coefficient (Wildman–Crippen LogP) is 1.69. The van der Waals surface area contributed by atoms with Gasteiger partial charge in [0, 0.05) is 7.05 Å². The number of rotatable bonds is 2. The number of hydrogen-bond donors (Lipinski definition) is 1. The van der Waals surface area contributed by atoms with Crippen molar-refractivity contribution in [2.45, 2.75) is 57.6 Å². The molecule has 4 heteroatoms. The van der Waals surface area contributed by atoms with E-state index in [1.165, 1.54) is 0 Å². The Morgan fingerprint density at radius 2 is 2.00 bits per heavy atom. The maximum absolute atomic E-state index is 12.5. The summed E-state index contributed by atoms with van der Waals surface area (Å²) in [6.45, 7) is 2.07. The van der Waals surface area contributed by atoms with E-state index >= 15 is 0 Å². The molecule has 1 N–H and O–H groups in total. The molecule has 18 heavy (non-hydrogen) atoms. The van der Waals surface area contributed by atoms with E-state index in [4.69, 9.17) is 0 Å². The van der Waals surface area contributed by atoms with Crippen LogP contribution in [0.25, 0.3) is 0 Å². The molecule has 100 valence electrons. The number of hydrogen-bond acceptors (Lipinski definition) is 3. The predicted molar refractivity (Wildman–Crippen MR) is 67.5 cm³/mol. The maximum Gasteiger partial charge on any atom is 0.243 e. The Morgan fingerprint density at radius 1 is 1.39 bits per heavy atom. The summed E-state index contributed by atoms with van der Waals surface area (Å²) in [6, 6.07) is 2.10. The van der Waals surface area contributed by atoms with E-state index in [1.807, 2.05) is 0 Å². The van der Waals surface area contributed by atoms with E-state index in [9.17, 15) is 15.2 Å². The quantitative estimate of drug-likeness (QED) is 0.811. The van der Waals surface area contributed by atoms with E-state index in [0.29, 0.717) is 18.8 Å². The topological polar surface area (TPSA) is 64.3 Å². The summed E-state index contributed by atoms with van der Waals surface area (Å²) in [4.78, 5) is 14.1. The number of aliphatic hydroxyl groups is 1. The fraction of sp³-hybridized carbons (Fsp3) is 0.857. The van der Waals surface area contributed by atoms with Crippen molar-refractivity contribution in [2.75, 3.05) is 7.05 Å². The van der Waals surface area contributed by atoms with Crippen LogP contribution in [-0.2, 0) is 4.79 Å². The second kappa shape index (κ2) is 4.89. The summed E-state index contributed by atoms with van der Waals surface area (Å²) in [5.41, 5.74) is -0.814. The molecule has 0 aromatic rings. The highest BCUT2D eigenvalue weighted by Crippen LogP contribution is 2.46. The Kier molecular flexibility index (Phi) is 3.63. The minimum Gasteiger partial charge on any atom is -0.391 e. The van der Waals surface area contributed by atoms with E-state index in [0.717, 1.165) is 25.7 Å². The minimum atomic E-state index is -0.814. The average Bonchev–Trinajstić information content (AvgIpc) is 2.33. The van der Waals surface area contributed by atoms with Crippen LogP contribution >= 0.6 is 0 Å². The summed E-state index contributed by atoms with van der Waals surface area (Å²) in [7, 11) is 1.74. The first-order valence-corrected chi connectivity index (χ1v) is 6.87. The molecule has 0 aromatic heterocycles. The molecule has 0 spiro atoms. The highest BCUT2D eigenvalue weighted by Gasteiger charge is 2.51. The molecule has 2 aliphatic rings. The third kappa shape index (κ3) is 2.12. The normalized spacial score (nSPS) is 39.6. The van der Waals surface area contributed by atoms with Crippen LogP contribution in [0.5, 0.6) is 0 Å². The number of nitrogens with zero attached hydrogens (tertiary/aromatic N) is 2. The average molecular weight is 250 g/mol. The van der Waals surface area contributed by atoms with Gasteiger partial charge >= 0.3 is 0 Å². The molecule has 0 heterocycles. The van der Waals surface area contributed by atoms with Crippen molar-refractivity contribution >= 4 is 5.91 Å². The molecule has 2 aliphatic carbocycles. The first kappa shape index (κ1) is 13.4. The smallest absolute Gasteiger partial charge is 0.243 e. The second-order valence-electron chi connectivity index (χ2n) is 6.04. The Bertz CT molecular complexity index is 368. The molecule has 0 bridgehead atoms. The molecule has 2 rings (SSSR count). The van der Waals surface area contributed by atoms with Crippen molar-refractivity contribution in [3.05, 3.63) is 0 Å². The SMILES string of the molecule is CC1CC(C#N)(C(=O)N(C)C2CCCCC2O)C1. The third-order valence-corrected chi connectivity index (χ3v) is 4.53. The van der Waals surface area contributed by atoms with Crippen molar-refractivity contribution < 1.29 is 9.90 Å². The van der Waals surface area contributed by atoms with Crippen molar-refractivity contribution in [3.8, 4) is 6.07 Å². The fourth-order valence-electron chi connectivity index (χ4n) is 3.48. The number of amides is 1. The van der Waals surface area contributed by atoms with Crippen LogP contribution < -0.4 is 0 Å². The first-order chi connectivity index (χ1) is 8.50. The first-order valence-electron chi connectivity index (χ1n) is 6.87. The van der Waals surface area contributed by atoms with Gasteiger partial charge in [0.2, 0.25) is 5.91 Å². The summed E-state index contributed by atoms with van der Waals surface area (Å²) in [6.07, 6.45) is 4.58. The van der Waals surface area contributed by atoms with Crippen molar-refractivity contribution in [1.82, 2.24) is 4.90 Å². The standard InChI is InChI=1S/C14H22N2O2/c1-10-7-14(8-10,9-15)13(18)16(2)11-5-3-4-6-12(11)17/h10-12,17H,3-8H2,1-2H3. The van der Waals surface area contributed by atoms with E-state index < -0.39 is 11.5 Å². The summed E-state index contributed by atoms with van der Waals surface area (Å²) in [5, 5.41) is 19.3. The molecule has 0 aliphatic heterocycles. The Morgan fingerprint density at radius 3 is 2.50 bits per heavy atom. The van der Waals surface area contributed by atoms with Crippen molar-refractivity contribution in [2.24, 2.45) is 11.3 Å². The monoisotopic (exact) mass is 250 g/mol. The van der Waals surface area contributed by atoms with Gasteiger partial charge in [0.1, 0.15) is 5.41 Å². The zero-order valence-corrected chi connectivity index (χ0v) is 11.2. The maximum atomic E-state index is 12.5. The van der Waals surface area contributed by atoms with E-state index in [2.05, 4.69) is 13.0 Å². The second-order valence-corrected chi connectivity index (χ2v) is 6.04. The summed E-state index contributed by atoms with van der Waals surface area (Å²) < 4.78 is 0. The number of carbonyl (C=O) groups excluding carboxylic acids is 1. The Hall–Kier alpha value is -1.08. The van der Waals surface area contributed by atoms with Gasteiger partial charge in [-0.1, -0.05) is 19.8 Å². The van der Waals surface area contributed by atoms with Crippen molar-refractivity contribution in [3.63, 3.8) is 0 Å². The van der Waals surface area contributed by atoms with Crippen LogP contribution in [0.2, 0.25) is 0 Å². The molecule has 2 atom stereocenters. The van der Waals surface area contributed by atoms with Gasteiger partial charge in [-0.25, -0.2) is 0 Å². The lowest BCUT2D eigenvalue weighted by Gasteiger charge is -2.44. The summed E-state index contributed by atoms with van der Waals surface area (Å²) >= 11 is 0. The van der Waals surface area contributed by atoms with Gasteiger partial charge in [-0.2, -0.15) is 5.26 Å². The van der Waals surface area contributed by atoms with Crippen LogP contribution in [0.4, 0.5) is 0 Å². The van der Waals surface area contributed by atoms with Crippen LogP contribution in [0.3, 0.4) is 0 Å².